The molecule has 5 nitrogen and oxygen atoms in total. The Morgan fingerprint density at radius 1 is 0.625 bits per heavy atom. The predicted octanol–water partition coefficient (Wildman–Crippen LogP) is 7.16. The van der Waals surface area contributed by atoms with Crippen molar-refractivity contribution in [3.63, 3.8) is 0 Å². The maximum absolute atomic E-state index is 7.07. The lowest BCUT2D eigenvalue weighted by atomic mass is 9.82. The third-order valence-electron chi connectivity index (χ3n) is 8.61. The molecule has 40 heavy (non-hydrogen) atoms. The molecule has 0 aromatic heterocycles. The second-order valence-corrected chi connectivity index (χ2v) is 17.4. The first kappa shape index (κ1) is 29.2. The Balaban J connectivity index is 1.40. The zero-order valence-electron chi connectivity index (χ0n) is 24.5. The second kappa shape index (κ2) is 12.7. The molecule has 2 fully saturated rings. The van der Waals surface area contributed by atoms with Crippen LogP contribution in [0.5, 0.6) is 0 Å². The standard InChI is InChI=1S/C34H44O5Si/c1-34(2,3)40(4,5)39-33-31(37-23-27-19-13-8-14-20-27)29(36-22-26-17-11-7-12-18-26)28(30-32(33)38-30)24-35-21-25-15-9-6-10-16-25/h6-20,28-33H,21-24H2,1-5H3/t28-,29-,30+,31+,32+,33-/m1/s1. The normalized spacial score (nSPS) is 26.3. The SMILES string of the molecule is CC(C)(C)[Si](C)(C)O[C@@H]1[C@@H](OCc2ccccc2)[C@H](OCc2ccccc2)[C@@H](COCc2ccccc2)[C@@H]2O[C@H]12. The number of hydrogen-bond acceptors (Lipinski definition) is 5. The van der Waals surface area contributed by atoms with Crippen LogP contribution in [0.4, 0.5) is 0 Å². The molecule has 1 aliphatic carbocycles. The molecule has 214 valence electrons. The van der Waals surface area contributed by atoms with Crippen LogP contribution in [0.15, 0.2) is 91.0 Å². The molecule has 0 radical (unpaired) electrons. The number of rotatable bonds is 12. The van der Waals surface area contributed by atoms with Gasteiger partial charge in [0.25, 0.3) is 0 Å². The molecule has 1 heterocycles. The van der Waals surface area contributed by atoms with Gasteiger partial charge < -0.3 is 23.4 Å². The van der Waals surface area contributed by atoms with Crippen LogP contribution in [0.2, 0.25) is 18.1 Å². The van der Waals surface area contributed by atoms with Crippen molar-refractivity contribution in [2.75, 3.05) is 6.61 Å². The number of fused-ring (bicyclic) bond motifs is 1. The molecule has 0 amide bonds. The number of epoxide rings is 1. The minimum Gasteiger partial charge on any atom is -0.408 e. The minimum atomic E-state index is -2.11. The highest BCUT2D eigenvalue weighted by Crippen LogP contribution is 2.48. The number of hydrogen-bond donors (Lipinski definition) is 0. The van der Waals surface area contributed by atoms with Crippen molar-refractivity contribution in [2.24, 2.45) is 5.92 Å². The highest BCUT2D eigenvalue weighted by molar-refractivity contribution is 6.74. The van der Waals surface area contributed by atoms with Crippen molar-refractivity contribution < 1.29 is 23.4 Å². The van der Waals surface area contributed by atoms with E-state index in [0.717, 1.165) is 16.7 Å². The fraction of sp³-hybridized carbons (Fsp3) is 0.471. The lowest BCUT2D eigenvalue weighted by Crippen LogP contribution is -2.59. The van der Waals surface area contributed by atoms with Gasteiger partial charge in [-0.3, -0.25) is 0 Å². The van der Waals surface area contributed by atoms with Crippen LogP contribution in [0.25, 0.3) is 0 Å². The maximum Gasteiger partial charge on any atom is 0.192 e. The summed E-state index contributed by atoms with van der Waals surface area (Å²) in [5, 5.41) is 0.0669. The van der Waals surface area contributed by atoms with E-state index in [-0.39, 0.29) is 41.5 Å². The van der Waals surface area contributed by atoms with Gasteiger partial charge in [-0.2, -0.15) is 0 Å². The molecule has 0 unspecified atom stereocenters. The molecule has 5 rings (SSSR count). The van der Waals surface area contributed by atoms with Crippen molar-refractivity contribution in [1.29, 1.82) is 0 Å². The number of benzene rings is 3. The van der Waals surface area contributed by atoms with E-state index >= 15 is 0 Å². The first-order valence-electron chi connectivity index (χ1n) is 14.5. The van der Waals surface area contributed by atoms with E-state index in [2.05, 4.69) is 70.3 Å². The molecule has 0 bridgehead atoms. The first-order valence-corrected chi connectivity index (χ1v) is 17.4. The van der Waals surface area contributed by atoms with E-state index in [1.54, 1.807) is 0 Å². The molecule has 3 aromatic carbocycles. The summed E-state index contributed by atoms with van der Waals surface area (Å²) < 4.78 is 33.3. The smallest absolute Gasteiger partial charge is 0.192 e. The Morgan fingerprint density at radius 2 is 1.10 bits per heavy atom. The molecule has 1 saturated heterocycles. The molecule has 2 aliphatic rings. The zero-order valence-corrected chi connectivity index (χ0v) is 25.5. The average Bonchev–Trinajstić information content (AvgIpc) is 3.74. The van der Waals surface area contributed by atoms with E-state index in [1.807, 2.05) is 54.6 Å². The van der Waals surface area contributed by atoms with Gasteiger partial charge in [-0.05, 0) is 34.8 Å². The van der Waals surface area contributed by atoms with Gasteiger partial charge in [0.15, 0.2) is 8.32 Å². The van der Waals surface area contributed by atoms with Gasteiger partial charge in [-0.25, -0.2) is 0 Å². The van der Waals surface area contributed by atoms with Crippen molar-refractivity contribution in [1.82, 2.24) is 0 Å². The average molecular weight is 561 g/mol. The van der Waals surface area contributed by atoms with Crippen molar-refractivity contribution in [3.05, 3.63) is 108 Å². The van der Waals surface area contributed by atoms with Crippen LogP contribution in [0, 0.1) is 5.92 Å². The van der Waals surface area contributed by atoms with Gasteiger partial charge in [0.2, 0.25) is 0 Å². The molecule has 1 aliphatic heterocycles. The summed E-state index contributed by atoms with van der Waals surface area (Å²) in [6, 6.07) is 31.0. The summed E-state index contributed by atoms with van der Waals surface area (Å²) in [5.74, 6) is 0.0393. The van der Waals surface area contributed by atoms with Crippen LogP contribution in [-0.4, -0.2) is 45.4 Å². The Morgan fingerprint density at radius 3 is 1.60 bits per heavy atom. The van der Waals surface area contributed by atoms with E-state index in [0.29, 0.717) is 26.4 Å². The van der Waals surface area contributed by atoms with E-state index in [1.165, 1.54) is 0 Å². The Hall–Kier alpha value is -2.32. The molecule has 6 heteroatoms. The Bertz CT molecular complexity index is 1180. The molecule has 0 N–H and O–H groups in total. The van der Waals surface area contributed by atoms with Crippen LogP contribution < -0.4 is 0 Å². The highest BCUT2D eigenvalue weighted by Gasteiger charge is 2.63. The summed E-state index contributed by atoms with van der Waals surface area (Å²) in [6.07, 6.45) is -0.703. The highest BCUT2D eigenvalue weighted by atomic mass is 28.4. The second-order valence-electron chi connectivity index (χ2n) is 12.6. The van der Waals surface area contributed by atoms with Gasteiger partial charge >= 0.3 is 0 Å². The zero-order chi connectivity index (χ0) is 28.2. The lowest BCUT2D eigenvalue weighted by Gasteiger charge is -2.45. The molecule has 6 atom stereocenters. The molecule has 3 aromatic rings. The molecule has 0 spiro atoms. The Labute approximate surface area is 240 Å². The van der Waals surface area contributed by atoms with Gasteiger partial charge in [0.05, 0.1) is 38.6 Å². The summed E-state index contributed by atoms with van der Waals surface area (Å²) in [6.45, 7) is 13.5. The van der Waals surface area contributed by atoms with E-state index in [4.69, 9.17) is 23.4 Å². The Kier molecular flexibility index (Phi) is 9.25. The third kappa shape index (κ3) is 7.11. The minimum absolute atomic E-state index is 0.0169. The largest absolute Gasteiger partial charge is 0.408 e. The van der Waals surface area contributed by atoms with E-state index in [9.17, 15) is 0 Å². The number of ether oxygens (including phenoxy) is 4. The van der Waals surface area contributed by atoms with Gasteiger partial charge in [-0.15, -0.1) is 0 Å². The van der Waals surface area contributed by atoms with Crippen LogP contribution in [0.1, 0.15) is 37.5 Å². The lowest BCUT2D eigenvalue weighted by molar-refractivity contribution is -0.167. The van der Waals surface area contributed by atoms with Crippen molar-refractivity contribution in [2.45, 2.75) is 89.2 Å². The van der Waals surface area contributed by atoms with Crippen LogP contribution >= 0.6 is 0 Å². The van der Waals surface area contributed by atoms with Gasteiger partial charge in [0, 0.05) is 5.92 Å². The monoisotopic (exact) mass is 560 g/mol. The summed E-state index contributed by atoms with van der Waals surface area (Å²) in [4.78, 5) is 0. The van der Waals surface area contributed by atoms with Crippen LogP contribution in [0.3, 0.4) is 0 Å². The summed E-state index contributed by atoms with van der Waals surface area (Å²) in [5.41, 5.74) is 3.42. The fourth-order valence-electron chi connectivity index (χ4n) is 5.22. The molecular formula is C34H44O5Si. The topological polar surface area (TPSA) is 49.5 Å². The fourth-order valence-corrected chi connectivity index (χ4v) is 6.52. The molecular weight excluding hydrogens is 516 g/mol. The maximum atomic E-state index is 7.07. The van der Waals surface area contributed by atoms with Gasteiger partial charge in [0.1, 0.15) is 18.3 Å². The van der Waals surface area contributed by atoms with E-state index < -0.39 is 8.32 Å². The quantitative estimate of drug-likeness (QED) is 0.174. The van der Waals surface area contributed by atoms with Crippen molar-refractivity contribution >= 4 is 8.32 Å². The summed E-state index contributed by atoms with van der Waals surface area (Å²) >= 11 is 0. The first-order chi connectivity index (χ1) is 19.2. The summed E-state index contributed by atoms with van der Waals surface area (Å²) in [7, 11) is -2.11. The predicted molar refractivity (Wildman–Crippen MR) is 160 cm³/mol. The van der Waals surface area contributed by atoms with Gasteiger partial charge in [-0.1, -0.05) is 112 Å². The molecule has 1 saturated carbocycles. The third-order valence-corrected chi connectivity index (χ3v) is 13.1. The van der Waals surface area contributed by atoms with Crippen molar-refractivity contribution in [3.8, 4) is 0 Å². The van der Waals surface area contributed by atoms with Crippen LogP contribution in [-0.2, 0) is 43.2 Å².